The van der Waals surface area contributed by atoms with Crippen LogP contribution in [0.3, 0.4) is 0 Å². The largest absolute Gasteiger partial charge is 0.352 e. The maximum atomic E-state index is 13.1. The maximum absolute atomic E-state index is 13.1. The molecule has 2 aromatic carbocycles. The summed E-state index contributed by atoms with van der Waals surface area (Å²) in [4.78, 5) is 27.6. The molecule has 0 aliphatic heterocycles. The summed E-state index contributed by atoms with van der Waals surface area (Å²) in [7, 11) is 0. The normalized spacial score (nSPS) is 12.9. The number of nitrogens with zero attached hydrogens (tertiary/aromatic N) is 1. The first-order chi connectivity index (χ1) is 13.5. The van der Waals surface area contributed by atoms with E-state index in [9.17, 15) is 9.59 Å². The van der Waals surface area contributed by atoms with Crippen LogP contribution in [0, 0.1) is 0 Å². The summed E-state index contributed by atoms with van der Waals surface area (Å²) >= 11 is 6.33. The summed E-state index contributed by atoms with van der Waals surface area (Å²) in [5.74, 6) is -0.202. The minimum atomic E-state index is -0.597. The maximum Gasteiger partial charge on any atom is 0.243 e. The SMILES string of the molecule is CCC(=O)N(Cc1ccccc1Cl)[C@H](Cc1ccccc1)C(=O)N[C@H](C)CC. The standard InChI is InChI=1S/C23H29ClN2O2/c1-4-17(3)25-23(28)21(15-18-11-7-6-8-12-18)26(22(27)5-2)16-19-13-9-10-14-20(19)24/h6-14,17,21H,4-5,15-16H2,1-3H3,(H,25,28)/t17-,21-/m1/s1. The van der Waals surface area contributed by atoms with Crippen molar-refractivity contribution < 1.29 is 9.59 Å². The predicted molar refractivity (Wildman–Crippen MR) is 114 cm³/mol. The van der Waals surface area contributed by atoms with Crippen molar-refractivity contribution in [3.05, 3.63) is 70.7 Å². The van der Waals surface area contributed by atoms with Gasteiger partial charge in [-0.25, -0.2) is 0 Å². The van der Waals surface area contributed by atoms with Crippen molar-refractivity contribution in [1.82, 2.24) is 10.2 Å². The van der Waals surface area contributed by atoms with Crippen LogP contribution in [0.2, 0.25) is 5.02 Å². The highest BCUT2D eigenvalue weighted by Crippen LogP contribution is 2.21. The van der Waals surface area contributed by atoms with Crippen molar-refractivity contribution in [2.24, 2.45) is 0 Å². The van der Waals surface area contributed by atoms with Gasteiger partial charge in [0.25, 0.3) is 0 Å². The lowest BCUT2D eigenvalue weighted by atomic mass is 10.0. The van der Waals surface area contributed by atoms with Crippen LogP contribution < -0.4 is 5.32 Å². The van der Waals surface area contributed by atoms with E-state index in [0.717, 1.165) is 17.5 Å². The summed E-state index contributed by atoms with van der Waals surface area (Å²) in [5.41, 5.74) is 1.85. The Labute approximate surface area is 172 Å². The van der Waals surface area contributed by atoms with Gasteiger partial charge in [0.05, 0.1) is 0 Å². The van der Waals surface area contributed by atoms with E-state index in [2.05, 4.69) is 5.32 Å². The second-order valence-corrected chi connectivity index (χ2v) is 7.40. The second-order valence-electron chi connectivity index (χ2n) is 6.99. The molecule has 4 nitrogen and oxygen atoms in total. The van der Waals surface area contributed by atoms with Crippen molar-refractivity contribution in [2.75, 3.05) is 0 Å². The first-order valence-corrected chi connectivity index (χ1v) is 10.2. The molecule has 28 heavy (non-hydrogen) atoms. The van der Waals surface area contributed by atoms with E-state index >= 15 is 0 Å². The van der Waals surface area contributed by atoms with Gasteiger partial charge in [-0.05, 0) is 30.5 Å². The Morgan fingerprint density at radius 2 is 1.68 bits per heavy atom. The van der Waals surface area contributed by atoms with Crippen LogP contribution in [0.1, 0.15) is 44.7 Å². The Morgan fingerprint density at radius 3 is 2.29 bits per heavy atom. The van der Waals surface area contributed by atoms with E-state index in [1.165, 1.54) is 0 Å². The van der Waals surface area contributed by atoms with Crippen molar-refractivity contribution >= 4 is 23.4 Å². The molecule has 0 saturated heterocycles. The van der Waals surface area contributed by atoms with Gasteiger partial charge >= 0.3 is 0 Å². The average Bonchev–Trinajstić information content (AvgIpc) is 2.71. The molecule has 0 aliphatic carbocycles. The molecule has 0 spiro atoms. The van der Waals surface area contributed by atoms with Gasteiger partial charge in [-0.15, -0.1) is 0 Å². The van der Waals surface area contributed by atoms with Crippen LogP contribution in [-0.4, -0.2) is 28.8 Å². The molecule has 1 N–H and O–H groups in total. The minimum absolute atomic E-state index is 0.0460. The molecule has 150 valence electrons. The van der Waals surface area contributed by atoms with Gasteiger partial charge in [0.1, 0.15) is 6.04 Å². The highest BCUT2D eigenvalue weighted by Gasteiger charge is 2.30. The summed E-state index contributed by atoms with van der Waals surface area (Å²) in [5, 5.41) is 3.64. The van der Waals surface area contributed by atoms with Gasteiger partial charge in [0, 0.05) is 30.5 Å². The van der Waals surface area contributed by atoms with E-state index in [1.807, 2.05) is 69.3 Å². The number of halogens is 1. The highest BCUT2D eigenvalue weighted by molar-refractivity contribution is 6.31. The number of hydrogen-bond donors (Lipinski definition) is 1. The Hall–Kier alpha value is -2.33. The number of benzene rings is 2. The molecule has 2 atom stereocenters. The summed E-state index contributed by atoms with van der Waals surface area (Å²) in [6.07, 6.45) is 1.61. The molecule has 5 heteroatoms. The third kappa shape index (κ3) is 6.10. The zero-order valence-electron chi connectivity index (χ0n) is 16.8. The van der Waals surface area contributed by atoms with Crippen molar-refractivity contribution in [2.45, 2.75) is 58.7 Å². The molecule has 0 radical (unpaired) electrons. The van der Waals surface area contributed by atoms with Gasteiger partial charge in [-0.1, -0.05) is 74.0 Å². The molecule has 0 aromatic heterocycles. The van der Waals surface area contributed by atoms with E-state index in [0.29, 0.717) is 24.4 Å². The number of hydrogen-bond acceptors (Lipinski definition) is 2. The topological polar surface area (TPSA) is 49.4 Å². The van der Waals surface area contributed by atoms with Gasteiger partial charge in [0.2, 0.25) is 11.8 Å². The van der Waals surface area contributed by atoms with Crippen molar-refractivity contribution in [3.63, 3.8) is 0 Å². The molecule has 2 aromatic rings. The summed E-state index contributed by atoms with van der Waals surface area (Å²) in [6.45, 7) is 6.11. The fraction of sp³-hybridized carbons (Fsp3) is 0.391. The zero-order chi connectivity index (χ0) is 20.5. The molecule has 0 heterocycles. The number of nitrogens with one attached hydrogen (secondary N) is 1. The van der Waals surface area contributed by atoms with Crippen LogP contribution in [0.5, 0.6) is 0 Å². The van der Waals surface area contributed by atoms with Gasteiger partial charge in [0.15, 0.2) is 0 Å². The summed E-state index contributed by atoms with van der Waals surface area (Å²) < 4.78 is 0. The Balaban J connectivity index is 2.37. The molecule has 0 aliphatic rings. The number of rotatable bonds is 9. The summed E-state index contributed by atoms with van der Waals surface area (Å²) in [6, 6.07) is 16.7. The van der Waals surface area contributed by atoms with Gasteiger partial charge < -0.3 is 10.2 Å². The van der Waals surface area contributed by atoms with Crippen LogP contribution in [0.15, 0.2) is 54.6 Å². The van der Waals surface area contributed by atoms with Crippen LogP contribution in [0.4, 0.5) is 0 Å². The average molecular weight is 401 g/mol. The van der Waals surface area contributed by atoms with E-state index in [1.54, 1.807) is 11.0 Å². The second kappa shape index (κ2) is 10.9. The van der Waals surface area contributed by atoms with E-state index < -0.39 is 6.04 Å². The number of carbonyl (C=O) groups excluding carboxylic acids is 2. The first kappa shape index (κ1) is 22.0. The highest BCUT2D eigenvalue weighted by atomic mass is 35.5. The van der Waals surface area contributed by atoms with Gasteiger partial charge in [-0.3, -0.25) is 9.59 Å². The third-order valence-corrected chi connectivity index (χ3v) is 5.24. The molecular weight excluding hydrogens is 372 g/mol. The first-order valence-electron chi connectivity index (χ1n) is 9.83. The number of carbonyl (C=O) groups is 2. The quantitative estimate of drug-likeness (QED) is 0.668. The lowest BCUT2D eigenvalue weighted by Crippen LogP contribution is -2.52. The van der Waals surface area contributed by atoms with Crippen molar-refractivity contribution in [3.8, 4) is 0 Å². The van der Waals surface area contributed by atoms with Crippen molar-refractivity contribution in [1.29, 1.82) is 0 Å². The molecule has 0 bridgehead atoms. The monoisotopic (exact) mass is 400 g/mol. The predicted octanol–water partition coefficient (Wildman–Crippen LogP) is 4.60. The molecule has 2 rings (SSSR count). The molecular formula is C23H29ClN2O2. The minimum Gasteiger partial charge on any atom is -0.352 e. The van der Waals surface area contributed by atoms with E-state index in [4.69, 9.17) is 11.6 Å². The molecule has 0 fully saturated rings. The van der Waals surface area contributed by atoms with Crippen LogP contribution >= 0.6 is 11.6 Å². The Kier molecular flexibility index (Phi) is 8.52. The van der Waals surface area contributed by atoms with Crippen LogP contribution in [0.25, 0.3) is 0 Å². The molecule has 0 saturated carbocycles. The molecule has 2 amide bonds. The smallest absolute Gasteiger partial charge is 0.243 e. The van der Waals surface area contributed by atoms with E-state index in [-0.39, 0.29) is 17.9 Å². The number of amides is 2. The molecule has 0 unspecified atom stereocenters. The lowest BCUT2D eigenvalue weighted by molar-refractivity contribution is -0.141. The fourth-order valence-electron chi connectivity index (χ4n) is 3.01. The van der Waals surface area contributed by atoms with Gasteiger partial charge in [-0.2, -0.15) is 0 Å². The Morgan fingerprint density at radius 1 is 1.04 bits per heavy atom. The Bertz CT molecular complexity index is 779. The zero-order valence-corrected chi connectivity index (χ0v) is 17.6. The fourth-order valence-corrected chi connectivity index (χ4v) is 3.20. The van der Waals surface area contributed by atoms with Crippen LogP contribution in [-0.2, 0) is 22.6 Å². The lowest BCUT2D eigenvalue weighted by Gasteiger charge is -2.32. The third-order valence-electron chi connectivity index (χ3n) is 4.87.